The number of carbonyl (C=O) groups is 1. The third kappa shape index (κ3) is 3.71. The minimum Gasteiger partial charge on any atom is -0.305 e. The lowest BCUT2D eigenvalue weighted by Gasteiger charge is -2.05. The van der Waals surface area contributed by atoms with Gasteiger partial charge in [0, 0.05) is 17.8 Å². The van der Waals surface area contributed by atoms with Crippen molar-refractivity contribution in [1.29, 1.82) is 0 Å². The summed E-state index contributed by atoms with van der Waals surface area (Å²) < 4.78 is 1.82. The van der Waals surface area contributed by atoms with E-state index in [9.17, 15) is 4.79 Å². The van der Waals surface area contributed by atoms with Crippen LogP contribution in [-0.4, -0.2) is 15.7 Å². The molecule has 0 bridgehead atoms. The van der Waals surface area contributed by atoms with Gasteiger partial charge in [-0.05, 0) is 49.6 Å². The van der Waals surface area contributed by atoms with E-state index in [1.165, 1.54) is 16.7 Å². The summed E-state index contributed by atoms with van der Waals surface area (Å²) in [6, 6.07) is 15.8. The second-order valence-corrected chi connectivity index (χ2v) is 6.14. The molecule has 0 aliphatic heterocycles. The Labute approximate surface area is 142 Å². The van der Waals surface area contributed by atoms with Gasteiger partial charge in [-0.25, -0.2) is 0 Å². The maximum absolute atomic E-state index is 12.3. The summed E-state index contributed by atoms with van der Waals surface area (Å²) >= 11 is 0. The monoisotopic (exact) mass is 319 g/mol. The van der Waals surface area contributed by atoms with Gasteiger partial charge < -0.3 is 5.32 Å². The van der Waals surface area contributed by atoms with Gasteiger partial charge in [0.2, 0.25) is 0 Å². The van der Waals surface area contributed by atoms with Crippen molar-refractivity contribution in [2.24, 2.45) is 0 Å². The summed E-state index contributed by atoms with van der Waals surface area (Å²) in [5, 5.41) is 7.27. The molecule has 0 radical (unpaired) electrons. The molecule has 1 N–H and O–H groups in total. The Bertz CT molecular complexity index is 863. The molecule has 1 amide bonds. The molecule has 0 unspecified atom stereocenters. The Kier molecular flexibility index (Phi) is 4.47. The number of aromatic nitrogens is 2. The van der Waals surface area contributed by atoms with E-state index in [0.29, 0.717) is 17.9 Å². The maximum Gasteiger partial charge on any atom is 0.256 e. The molecular formula is C20H21N3O. The van der Waals surface area contributed by atoms with Crippen LogP contribution in [0, 0.1) is 20.8 Å². The highest BCUT2D eigenvalue weighted by Gasteiger charge is 2.09. The van der Waals surface area contributed by atoms with E-state index in [4.69, 9.17) is 0 Å². The van der Waals surface area contributed by atoms with E-state index in [-0.39, 0.29) is 5.91 Å². The number of nitrogens with one attached hydrogen (secondary N) is 1. The van der Waals surface area contributed by atoms with Crippen LogP contribution in [0.5, 0.6) is 0 Å². The predicted octanol–water partition coefficient (Wildman–Crippen LogP) is 4.11. The van der Waals surface area contributed by atoms with E-state index in [0.717, 1.165) is 5.56 Å². The van der Waals surface area contributed by atoms with Crippen LogP contribution in [0.25, 0.3) is 0 Å². The van der Waals surface area contributed by atoms with Crippen LogP contribution in [0.4, 0.5) is 5.82 Å². The predicted molar refractivity (Wildman–Crippen MR) is 96.4 cm³/mol. The minimum atomic E-state index is -0.140. The lowest BCUT2D eigenvalue weighted by Crippen LogP contribution is -2.13. The number of amides is 1. The number of benzene rings is 2. The van der Waals surface area contributed by atoms with Crippen LogP contribution in [0.1, 0.15) is 32.6 Å². The van der Waals surface area contributed by atoms with E-state index in [1.54, 1.807) is 0 Å². The molecule has 1 aromatic heterocycles. The number of carbonyl (C=O) groups excluding carboxylic acids is 1. The Morgan fingerprint density at radius 1 is 1.00 bits per heavy atom. The van der Waals surface area contributed by atoms with Gasteiger partial charge in [-0.3, -0.25) is 9.48 Å². The zero-order valence-corrected chi connectivity index (χ0v) is 14.2. The number of nitrogens with zero attached hydrogens (tertiary/aromatic N) is 2. The first kappa shape index (κ1) is 16.0. The second-order valence-electron chi connectivity index (χ2n) is 6.14. The zero-order valence-electron chi connectivity index (χ0n) is 14.2. The highest BCUT2D eigenvalue weighted by molar-refractivity contribution is 6.03. The standard InChI is InChI=1S/C20H21N3O/c1-14-4-7-17(8-5-14)13-23-11-10-19(22-23)21-20(24)18-9-6-15(2)16(3)12-18/h4-12H,13H2,1-3H3,(H,21,22,24). The topological polar surface area (TPSA) is 46.9 Å². The fourth-order valence-electron chi connectivity index (χ4n) is 2.47. The fourth-order valence-corrected chi connectivity index (χ4v) is 2.47. The van der Waals surface area contributed by atoms with Crippen LogP contribution in [-0.2, 0) is 6.54 Å². The Morgan fingerprint density at radius 3 is 2.46 bits per heavy atom. The highest BCUT2D eigenvalue weighted by Crippen LogP contribution is 2.13. The van der Waals surface area contributed by atoms with Crippen molar-refractivity contribution >= 4 is 11.7 Å². The Balaban J connectivity index is 1.68. The van der Waals surface area contributed by atoms with Crippen LogP contribution in [0.15, 0.2) is 54.7 Å². The smallest absolute Gasteiger partial charge is 0.256 e. The molecule has 1 heterocycles. The summed E-state index contributed by atoms with van der Waals surface area (Å²) in [6.07, 6.45) is 1.87. The van der Waals surface area contributed by atoms with Crippen molar-refractivity contribution in [2.45, 2.75) is 27.3 Å². The minimum absolute atomic E-state index is 0.140. The first-order chi connectivity index (χ1) is 11.5. The molecule has 0 saturated carbocycles. The average molecular weight is 319 g/mol. The number of hydrogen-bond donors (Lipinski definition) is 1. The molecule has 0 fully saturated rings. The zero-order chi connectivity index (χ0) is 17.1. The Morgan fingerprint density at radius 2 is 1.75 bits per heavy atom. The van der Waals surface area contributed by atoms with Gasteiger partial charge >= 0.3 is 0 Å². The van der Waals surface area contributed by atoms with Crippen molar-refractivity contribution in [1.82, 2.24) is 9.78 Å². The van der Waals surface area contributed by atoms with E-state index in [2.05, 4.69) is 41.6 Å². The van der Waals surface area contributed by atoms with Gasteiger partial charge in [0.1, 0.15) is 0 Å². The van der Waals surface area contributed by atoms with Crippen LogP contribution >= 0.6 is 0 Å². The summed E-state index contributed by atoms with van der Waals surface area (Å²) in [5.74, 6) is 0.420. The third-order valence-corrected chi connectivity index (χ3v) is 4.12. The summed E-state index contributed by atoms with van der Waals surface area (Å²) in [4.78, 5) is 12.3. The van der Waals surface area contributed by atoms with E-state index in [1.807, 2.05) is 49.0 Å². The normalized spacial score (nSPS) is 10.6. The largest absolute Gasteiger partial charge is 0.305 e. The molecule has 0 saturated heterocycles. The molecule has 0 spiro atoms. The van der Waals surface area contributed by atoms with Crippen LogP contribution in [0.2, 0.25) is 0 Å². The Hall–Kier alpha value is -2.88. The quantitative estimate of drug-likeness (QED) is 0.786. The molecule has 122 valence electrons. The summed E-state index contributed by atoms with van der Waals surface area (Å²) in [6.45, 7) is 6.78. The molecule has 3 rings (SSSR count). The number of aryl methyl sites for hydroxylation is 3. The lowest BCUT2D eigenvalue weighted by molar-refractivity contribution is 0.102. The van der Waals surface area contributed by atoms with Gasteiger partial charge in [0.15, 0.2) is 5.82 Å². The molecule has 0 aliphatic carbocycles. The molecular weight excluding hydrogens is 298 g/mol. The van der Waals surface area contributed by atoms with Gasteiger partial charge in [-0.15, -0.1) is 0 Å². The SMILES string of the molecule is Cc1ccc(Cn2ccc(NC(=O)c3ccc(C)c(C)c3)n2)cc1. The molecule has 3 aromatic rings. The van der Waals surface area contributed by atoms with Gasteiger partial charge in [0.25, 0.3) is 5.91 Å². The van der Waals surface area contributed by atoms with Crippen molar-refractivity contribution in [3.63, 3.8) is 0 Å². The number of rotatable bonds is 4. The van der Waals surface area contributed by atoms with Crippen molar-refractivity contribution < 1.29 is 4.79 Å². The highest BCUT2D eigenvalue weighted by atomic mass is 16.1. The molecule has 4 heteroatoms. The molecule has 0 atom stereocenters. The van der Waals surface area contributed by atoms with Crippen LogP contribution in [0.3, 0.4) is 0 Å². The fraction of sp³-hybridized carbons (Fsp3) is 0.200. The number of anilines is 1. The van der Waals surface area contributed by atoms with Gasteiger partial charge in [-0.2, -0.15) is 5.10 Å². The van der Waals surface area contributed by atoms with Gasteiger partial charge in [0.05, 0.1) is 6.54 Å². The van der Waals surface area contributed by atoms with Crippen molar-refractivity contribution in [3.8, 4) is 0 Å². The lowest BCUT2D eigenvalue weighted by atomic mass is 10.1. The summed E-state index contributed by atoms with van der Waals surface area (Å²) in [5.41, 5.74) is 5.34. The first-order valence-corrected chi connectivity index (χ1v) is 7.99. The summed E-state index contributed by atoms with van der Waals surface area (Å²) in [7, 11) is 0. The van der Waals surface area contributed by atoms with Crippen molar-refractivity contribution in [2.75, 3.05) is 5.32 Å². The third-order valence-electron chi connectivity index (χ3n) is 4.12. The first-order valence-electron chi connectivity index (χ1n) is 7.99. The molecule has 2 aromatic carbocycles. The average Bonchev–Trinajstić information content (AvgIpc) is 2.99. The van der Waals surface area contributed by atoms with Gasteiger partial charge in [-0.1, -0.05) is 35.9 Å². The van der Waals surface area contributed by atoms with Crippen LogP contribution < -0.4 is 5.32 Å². The van der Waals surface area contributed by atoms with Crippen molar-refractivity contribution in [3.05, 3.63) is 82.5 Å². The molecule has 0 aliphatic rings. The molecule has 4 nitrogen and oxygen atoms in total. The second kappa shape index (κ2) is 6.71. The van der Waals surface area contributed by atoms with E-state index >= 15 is 0 Å². The number of hydrogen-bond acceptors (Lipinski definition) is 2. The maximum atomic E-state index is 12.3. The van der Waals surface area contributed by atoms with E-state index < -0.39 is 0 Å². The molecule has 24 heavy (non-hydrogen) atoms.